The summed E-state index contributed by atoms with van der Waals surface area (Å²) in [6, 6.07) is 8.81. The Morgan fingerprint density at radius 3 is 2.68 bits per heavy atom. The molecule has 2 saturated heterocycles. The summed E-state index contributed by atoms with van der Waals surface area (Å²) in [7, 11) is 0. The van der Waals surface area contributed by atoms with Crippen molar-refractivity contribution in [3.8, 4) is 0 Å². The number of benzene rings is 1. The molecular formula is C17H26ClN3O. The van der Waals surface area contributed by atoms with Gasteiger partial charge in [-0.2, -0.15) is 0 Å². The van der Waals surface area contributed by atoms with Gasteiger partial charge in [-0.25, -0.2) is 0 Å². The molecule has 2 heterocycles. The fraction of sp³-hybridized carbons (Fsp3) is 0.647. The molecule has 0 saturated carbocycles. The fourth-order valence-electron chi connectivity index (χ4n) is 3.69. The second kappa shape index (κ2) is 7.64. The highest BCUT2D eigenvalue weighted by atomic mass is 35.5. The van der Waals surface area contributed by atoms with Crippen molar-refractivity contribution in [1.29, 1.82) is 0 Å². The van der Waals surface area contributed by atoms with Crippen molar-refractivity contribution in [3.05, 3.63) is 29.3 Å². The molecule has 4 nitrogen and oxygen atoms in total. The highest BCUT2D eigenvalue weighted by molar-refractivity contribution is 6.30. The number of hydrogen-bond donors (Lipinski definition) is 1. The molecule has 2 aliphatic heterocycles. The van der Waals surface area contributed by atoms with Crippen molar-refractivity contribution in [2.24, 2.45) is 0 Å². The number of likely N-dealkylation sites (tertiary alicyclic amines) is 1. The predicted octanol–water partition coefficient (Wildman–Crippen LogP) is 1.92. The van der Waals surface area contributed by atoms with Gasteiger partial charge in [-0.3, -0.25) is 9.80 Å². The molecule has 1 atom stereocenters. The minimum Gasteiger partial charge on any atom is -0.395 e. The van der Waals surface area contributed by atoms with Crippen LogP contribution in [0.3, 0.4) is 0 Å². The molecule has 2 aliphatic rings. The predicted molar refractivity (Wildman–Crippen MR) is 91.8 cm³/mol. The van der Waals surface area contributed by atoms with Crippen LogP contribution in [0.4, 0.5) is 5.69 Å². The van der Waals surface area contributed by atoms with E-state index < -0.39 is 0 Å². The van der Waals surface area contributed by atoms with Crippen molar-refractivity contribution in [1.82, 2.24) is 9.80 Å². The van der Waals surface area contributed by atoms with Crippen LogP contribution in [0, 0.1) is 0 Å². The lowest BCUT2D eigenvalue weighted by Crippen LogP contribution is -2.55. The maximum absolute atomic E-state index is 9.13. The Kier molecular flexibility index (Phi) is 5.58. The fourth-order valence-corrected chi connectivity index (χ4v) is 3.88. The van der Waals surface area contributed by atoms with Gasteiger partial charge in [0.2, 0.25) is 0 Å². The quantitative estimate of drug-likeness (QED) is 0.917. The van der Waals surface area contributed by atoms with Gasteiger partial charge in [0.15, 0.2) is 0 Å². The molecule has 0 spiro atoms. The van der Waals surface area contributed by atoms with Gasteiger partial charge in [-0.15, -0.1) is 0 Å². The van der Waals surface area contributed by atoms with Crippen LogP contribution in [0.1, 0.15) is 12.8 Å². The summed E-state index contributed by atoms with van der Waals surface area (Å²) in [5.41, 5.74) is 1.23. The Bertz CT molecular complexity index is 475. The van der Waals surface area contributed by atoms with Gasteiger partial charge < -0.3 is 10.0 Å². The first-order chi connectivity index (χ1) is 10.8. The van der Waals surface area contributed by atoms with Gasteiger partial charge >= 0.3 is 0 Å². The SMILES string of the molecule is OCCN1CCC[C@H](N2CCN(c3cccc(Cl)c3)CC2)C1. The van der Waals surface area contributed by atoms with E-state index in [-0.39, 0.29) is 6.61 Å². The van der Waals surface area contributed by atoms with E-state index in [0.29, 0.717) is 6.04 Å². The van der Waals surface area contributed by atoms with Gasteiger partial charge in [-0.05, 0) is 37.6 Å². The summed E-state index contributed by atoms with van der Waals surface area (Å²) in [6.45, 7) is 7.70. The summed E-state index contributed by atoms with van der Waals surface area (Å²) in [6.07, 6.45) is 2.54. The average molecular weight is 324 g/mol. The molecule has 0 amide bonds. The molecule has 0 bridgehead atoms. The van der Waals surface area contributed by atoms with Crippen molar-refractivity contribution < 1.29 is 5.11 Å². The largest absolute Gasteiger partial charge is 0.395 e. The van der Waals surface area contributed by atoms with Crippen molar-refractivity contribution in [2.75, 3.05) is 57.3 Å². The zero-order valence-electron chi connectivity index (χ0n) is 13.1. The molecule has 22 heavy (non-hydrogen) atoms. The lowest BCUT2D eigenvalue weighted by molar-refractivity contribution is 0.0814. The number of halogens is 1. The number of aliphatic hydroxyl groups excluding tert-OH is 1. The summed E-state index contributed by atoms with van der Waals surface area (Å²) in [5.74, 6) is 0. The lowest BCUT2D eigenvalue weighted by Gasteiger charge is -2.44. The second-order valence-electron chi connectivity index (χ2n) is 6.32. The Morgan fingerprint density at radius 1 is 1.14 bits per heavy atom. The molecule has 1 aromatic carbocycles. The zero-order chi connectivity index (χ0) is 15.4. The number of hydrogen-bond acceptors (Lipinski definition) is 4. The number of piperidine rings is 1. The van der Waals surface area contributed by atoms with Gasteiger partial charge in [-0.1, -0.05) is 17.7 Å². The van der Waals surface area contributed by atoms with Crippen LogP contribution in [0.5, 0.6) is 0 Å². The van der Waals surface area contributed by atoms with Gasteiger partial charge in [0.25, 0.3) is 0 Å². The molecule has 0 radical (unpaired) electrons. The smallest absolute Gasteiger partial charge is 0.0558 e. The Balaban J connectivity index is 1.53. The first-order valence-electron chi connectivity index (χ1n) is 8.34. The van der Waals surface area contributed by atoms with Gasteiger partial charge in [0.1, 0.15) is 0 Å². The van der Waals surface area contributed by atoms with E-state index in [1.54, 1.807) is 0 Å². The monoisotopic (exact) mass is 323 g/mol. The number of aliphatic hydroxyl groups is 1. The zero-order valence-corrected chi connectivity index (χ0v) is 13.9. The number of rotatable bonds is 4. The van der Waals surface area contributed by atoms with E-state index >= 15 is 0 Å². The highest BCUT2D eigenvalue weighted by Gasteiger charge is 2.27. The number of anilines is 1. The van der Waals surface area contributed by atoms with E-state index in [1.165, 1.54) is 18.5 Å². The van der Waals surface area contributed by atoms with Crippen LogP contribution < -0.4 is 4.90 Å². The van der Waals surface area contributed by atoms with Crippen LogP contribution in [-0.2, 0) is 0 Å². The summed E-state index contributed by atoms with van der Waals surface area (Å²) in [4.78, 5) is 7.46. The van der Waals surface area contributed by atoms with Crippen LogP contribution in [0.2, 0.25) is 5.02 Å². The highest BCUT2D eigenvalue weighted by Crippen LogP contribution is 2.23. The standard InChI is InChI=1S/C17H26ClN3O/c18-15-3-1-4-16(13-15)20-7-9-21(10-8-20)17-5-2-6-19(14-17)11-12-22/h1,3-4,13,17,22H,2,5-12,14H2/t17-/m0/s1. The average Bonchev–Trinajstić information content (AvgIpc) is 2.56. The number of β-amino-alcohol motifs (C(OH)–C–C–N with tert-alkyl or cyclic N) is 1. The van der Waals surface area contributed by atoms with Crippen molar-refractivity contribution in [3.63, 3.8) is 0 Å². The first kappa shape index (κ1) is 16.1. The van der Waals surface area contributed by atoms with Crippen LogP contribution in [0.25, 0.3) is 0 Å². The molecule has 5 heteroatoms. The van der Waals surface area contributed by atoms with E-state index in [4.69, 9.17) is 16.7 Å². The molecule has 1 aromatic rings. The van der Waals surface area contributed by atoms with Crippen LogP contribution in [0.15, 0.2) is 24.3 Å². The molecule has 1 N–H and O–H groups in total. The molecule has 2 fully saturated rings. The first-order valence-corrected chi connectivity index (χ1v) is 8.72. The van der Waals surface area contributed by atoms with Gasteiger partial charge in [0.05, 0.1) is 6.61 Å². The van der Waals surface area contributed by atoms with Crippen molar-refractivity contribution >= 4 is 17.3 Å². The third-order valence-electron chi connectivity index (χ3n) is 4.90. The number of nitrogens with zero attached hydrogens (tertiary/aromatic N) is 3. The Labute approximate surface area is 138 Å². The Hall–Kier alpha value is -0.810. The molecule has 0 aromatic heterocycles. The maximum Gasteiger partial charge on any atom is 0.0558 e. The second-order valence-corrected chi connectivity index (χ2v) is 6.76. The molecular weight excluding hydrogens is 298 g/mol. The minimum absolute atomic E-state index is 0.273. The number of piperazine rings is 1. The van der Waals surface area contributed by atoms with E-state index in [9.17, 15) is 0 Å². The minimum atomic E-state index is 0.273. The third-order valence-corrected chi connectivity index (χ3v) is 5.14. The van der Waals surface area contributed by atoms with E-state index in [0.717, 1.165) is 50.8 Å². The molecule has 0 unspecified atom stereocenters. The summed E-state index contributed by atoms with van der Waals surface area (Å²) in [5, 5.41) is 9.94. The topological polar surface area (TPSA) is 30.0 Å². The lowest BCUT2D eigenvalue weighted by atomic mass is 10.0. The van der Waals surface area contributed by atoms with E-state index in [2.05, 4.69) is 26.8 Å². The van der Waals surface area contributed by atoms with Crippen LogP contribution in [-0.4, -0.2) is 73.4 Å². The third kappa shape index (κ3) is 3.93. The summed E-state index contributed by atoms with van der Waals surface area (Å²) >= 11 is 6.10. The molecule has 0 aliphatic carbocycles. The van der Waals surface area contributed by atoms with Crippen molar-refractivity contribution in [2.45, 2.75) is 18.9 Å². The Morgan fingerprint density at radius 2 is 1.95 bits per heavy atom. The van der Waals surface area contributed by atoms with E-state index in [1.807, 2.05) is 12.1 Å². The normalized spacial score (nSPS) is 24.6. The molecule has 122 valence electrons. The van der Waals surface area contributed by atoms with Crippen LogP contribution >= 0.6 is 11.6 Å². The maximum atomic E-state index is 9.13. The summed E-state index contributed by atoms with van der Waals surface area (Å²) < 4.78 is 0. The van der Waals surface area contributed by atoms with Gasteiger partial charge in [0, 0.05) is 56.0 Å². The molecule has 3 rings (SSSR count).